The van der Waals surface area contributed by atoms with E-state index in [-0.39, 0.29) is 5.75 Å². The Bertz CT molecular complexity index is 271. The minimum atomic E-state index is -0.660. The summed E-state index contributed by atoms with van der Waals surface area (Å²) in [6.07, 6.45) is 0. The molecule has 0 spiro atoms. The van der Waals surface area contributed by atoms with Gasteiger partial charge in [-0.05, 0) is 18.6 Å². The minimum Gasteiger partial charge on any atom is -0.502 e. The second kappa shape index (κ2) is 2.78. The summed E-state index contributed by atoms with van der Waals surface area (Å²) >= 11 is 0. The molecule has 0 atom stereocenters. The Morgan fingerprint density at radius 1 is 1.45 bits per heavy atom. The average Bonchev–Trinajstić information content (AvgIpc) is 1.99. The molecule has 0 radical (unpaired) electrons. The Labute approximate surface area is 64.2 Å². The van der Waals surface area contributed by atoms with Crippen LogP contribution < -0.4 is 4.74 Å². The van der Waals surface area contributed by atoms with Crippen LogP contribution >= 0.6 is 0 Å². The van der Waals surface area contributed by atoms with E-state index in [1.165, 1.54) is 13.2 Å². The summed E-state index contributed by atoms with van der Waals surface area (Å²) in [5, 5.41) is 9.08. The molecule has 2 nitrogen and oxygen atoms in total. The average molecular weight is 156 g/mol. The van der Waals surface area contributed by atoms with Gasteiger partial charge in [0.15, 0.2) is 17.3 Å². The van der Waals surface area contributed by atoms with Crippen LogP contribution in [0.1, 0.15) is 5.56 Å². The molecule has 1 N–H and O–H groups in total. The minimum absolute atomic E-state index is 0.199. The number of benzene rings is 1. The number of halogens is 1. The molecule has 3 heteroatoms. The van der Waals surface area contributed by atoms with E-state index in [0.29, 0.717) is 5.56 Å². The molecule has 0 bridgehead atoms. The van der Waals surface area contributed by atoms with Crippen molar-refractivity contribution in [2.45, 2.75) is 6.92 Å². The predicted octanol–water partition coefficient (Wildman–Crippen LogP) is 1.85. The molecule has 0 fully saturated rings. The zero-order valence-electron chi connectivity index (χ0n) is 6.39. The van der Waals surface area contributed by atoms with Crippen LogP contribution in [0.2, 0.25) is 0 Å². The fourth-order valence-corrected chi connectivity index (χ4v) is 0.906. The van der Waals surface area contributed by atoms with Gasteiger partial charge in [-0.15, -0.1) is 0 Å². The lowest BCUT2D eigenvalue weighted by molar-refractivity contribution is 0.355. The van der Waals surface area contributed by atoms with E-state index in [1.54, 1.807) is 13.0 Å². The van der Waals surface area contributed by atoms with Crippen molar-refractivity contribution >= 4 is 0 Å². The smallest absolute Gasteiger partial charge is 0.194 e. The third-order valence-corrected chi connectivity index (χ3v) is 1.48. The summed E-state index contributed by atoms with van der Waals surface area (Å²) in [6, 6.07) is 2.75. The van der Waals surface area contributed by atoms with Crippen molar-refractivity contribution in [3.63, 3.8) is 0 Å². The number of aryl methyl sites for hydroxylation is 1. The second-order valence-corrected chi connectivity index (χ2v) is 2.25. The van der Waals surface area contributed by atoms with E-state index in [2.05, 4.69) is 0 Å². The molecule has 0 aliphatic rings. The van der Waals surface area contributed by atoms with Crippen LogP contribution in [-0.4, -0.2) is 12.2 Å². The number of phenols is 1. The normalized spacial score (nSPS) is 9.73. The first-order chi connectivity index (χ1) is 5.16. The third kappa shape index (κ3) is 1.27. The molecule has 0 unspecified atom stereocenters. The highest BCUT2D eigenvalue weighted by molar-refractivity contribution is 5.45. The van der Waals surface area contributed by atoms with Gasteiger partial charge in [0.25, 0.3) is 0 Å². The van der Waals surface area contributed by atoms with Crippen LogP contribution in [0.25, 0.3) is 0 Å². The SMILES string of the molecule is COc1c(C)ccc(F)c1O. The summed E-state index contributed by atoms with van der Waals surface area (Å²) in [4.78, 5) is 0. The number of methoxy groups -OCH3 is 1. The Balaban J connectivity index is 3.29. The molecule has 0 heterocycles. The highest BCUT2D eigenvalue weighted by atomic mass is 19.1. The van der Waals surface area contributed by atoms with Crippen molar-refractivity contribution in [1.82, 2.24) is 0 Å². The molecule has 0 aliphatic heterocycles. The third-order valence-electron chi connectivity index (χ3n) is 1.48. The Morgan fingerprint density at radius 2 is 2.09 bits per heavy atom. The predicted molar refractivity (Wildman–Crippen MR) is 39.4 cm³/mol. The molecule has 0 aromatic heterocycles. The molecule has 0 saturated carbocycles. The number of hydrogen-bond donors (Lipinski definition) is 1. The van der Waals surface area contributed by atoms with Crippen molar-refractivity contribution in [3.05, 3.63) is 23.5 Å². The van der Waals surface area contributed by atoms with Gasteiger partial charge in [0.2, 0.25) is 0 Å². The van der Waals surface area contributed by atoms with Crippen LogP contribution in [0.3, 0.4) is 0 Å². The number of hydrogen-bond acceptors (Lipinski definition) is 2. The summed E-state index contributed by atoms with van der Waals surface area (Å²) < 4.78 is 17.4. The molecular formula is C8H9FO2. The summed E-state index contributed by atoms with van der Waals surface area (Å²) in [5.74, 6) is -0.884. The van der Waals surface area contributed by atoms with Gasteiger partial charge < -0.3 is 9.84 Å². The van der Waals surface area contributed by atoms with Crippen molar-refractivity contribution in [3.8, 4) is 11.5 Å². The first-order valence-corrected chi connectivity index (χ1v) is 3.19. The quantitative estimate of drug-likeness (QED) is 0.672. The standard InChI is InChI=1S/C8H9FO2/c1-5-3-4-6(9)7(10)8(5)11-2/h3-4,10H,1-2H3. The maximum Gasteiger partial charge on any atom is 0.194 e. The number of aromatic hydroxyl groups is 1. The fraction of sp³-hybridized carbons (Fsp3) is 0.250. The topological polar surface area (TPSA) is 29.5 Å². The zero-order valence-corrected chi connectivity index (χ0v) is 6.39. The molecule has 1 aromatic carbocycles. The van der Waals surface area contributed by atoms with E-state index in [0.717, 1.165) is 0 Å². The van der Waals surface area contributed by atoms with Gasteiger partial charge in [-0.1, -0.05) is 6.07 Å². The first kappa shape index (κ1) is 7.85. The molecule has 0 aliphatic carbocycles. The van der Waals surface area contributed by atoms with Crippen LogP contribution in [0.15, 0.2) is 12.1 Å². The van der Waals surface area contributed by atoms with Crippen molar-refractivity contribution in [2.24, 2.45) is 0 Å². The largest absolute Gasteiger partial charge is 0.502 e. The maximum atomic E-state index is 12.6. The van der Waals surface area contributed by atoms with E-state index in [4.69, 9.17) is 9.84 Å². The van der Waals surface area contributed by atoms with Gasteiger partial charge in [-0.25, -0.2) is 4.39 Å². The van der Waals surface area contributed by atoms with Crippen molar-refractivity contribution in [2.75, 3.05) is 7.11 Å². The lowest BCUT2D eigenvalue weighted by Crippen LogP contribution is -1.89. The van der Waals surface area contributed by atoms with Gasteiger partial charge in [0, 0.05) is 0 Å². The van der Waals surface area contributed by atoms with Crippen LogP contribution in [0.5, 0.6) is 11.5 Å². The van der Waals surface area contributed by atoms with Gasteiger partial charge in [0.1, 0.15) is 0 Å². The summed E-state index contributed by atoms with van der Waals surface area (Å²) in [6.45, 7) is 1.73. The summed E-state index contributed by atoms with van der Waals surface area (Å²) in [5.41, 5.74) is 0.714. The Hall–Kier alpha value is -1.25. The van der Waals surface area contributed by atoms with Crippen LogP contribution in [0.4, 0.5) is 4.39 Å². The number of ether oxygens (including phenoxy) is 1. The number of rotatable bonds is 1. The van der Waals surface area contributed by atoms with Gasteiger partial charge >= 0.3 is 0 Å². The highest BCUT2D eigenvalue weighted by Crippen LogP contribution is 2.31. The van der Waals surface area contributed by atoms with Gasteiger partial charge in [-0.3, -0.25) is 0 Å². The van der Waals surface area contributed by atoms with E-state index >= 15 is 0 Å². The molecule has 60 valence electrons. The summed E-state index contributed by atoms with van der Waals surface area (Å²) in [7, 11) is 1.39. The van der Waals surface area contributed by atoms with E-state index < -0.39 is 11.6 Å². The van der Waals surface area contributed by atoms with Gasteiger partial charge in [0.05, 0.1) is 7.11 Å². The Morgan fingerprint density at radius 3 is 2.55 bits per heavy atom. The first-order valence-electron chi connectivity index (χ1n) is 3.19. The number of phenolic OH excluding ortho intramolecular Hbond substituents is 1. The molecule has 1 rings (SSSR count). The van der Waals surface area contributed by atoms with Crippen molar-refractivity contribution in [1.29, 1.82) is 0 Å². The molecule has 0 saturated heterocycles. The van der Waals surface area contributed by atoms with Crippen molar-refractivity contribution < 1.29 is 14.2 Å². The second-order valence-electron chi connectivity index (χ2n) is 2.25. The van der Waals surface area contributed by atoms with Crippen LogP contribution in [0, 0.1) is 12.7 Å². The lowest BCUT2D eigenvalue weighted by atomic mass is 10.2. The molecule has 0 amide bonds. The van der Waals surface area contributed by atoms with Crippen LogP contribution in [-0.2, 0) is 0 Å². The molecular weight excluding hydrogens is 147 g/mol. The fourth-order valence-electron chi connectivity index (χ4n) is 0.906. The monoisotopic (exact) mass is 156 g/mol. The lowest BCUT2D eigenvalue weighted by Gasteiger charge is -2.06. The Kier molecular flexibility index (Phi) is 1.98. The molecule has 1 aromatic rings. The highest BCUT2D eigenvalue weighted by Gasteiger charge is 2.09. The van der Waals surface area contributed by atoms with Gasteiger partial charge in [-0.2, -0.15) is 0 Å². The molecule has 11 heavy (non-hydrogen) atoms. The van der Waals surface area contributed by atoms with E-state index in [9.17, 15) is 4.39 Å². The maximum absolute atomic E-state index is 12.6. The zero-order chi connectivity index (χ0) is 8.43. The van der Waals surface area contributed by atoms with E-state index in [1.807, 2.05) is 0 Å².